The van der Waals surface area contributed by atoms with E-state index >= 15 is 0 Å². The zero-order chi connectivity index (χ0) is 25.2. The molecule has 8 heteroatoms. The van der Waals surface area contributed by atoms with Crippen LogP contribution in [0.2, 0.25) is 5.02 Å². The molecule has 0 fully saturated rings. The molecule has 0 spiro atoms. The summed E-state index contributed by atoms with van der Waals surface area (Å²) in [5, 5.41) is 5.69. The number of hydrogen-bond acceptors (Lipinski definition) is 5. The summed E-state index contributed by atoms with van der Waals surface area (Å²) in [6.07, 6.45) is 1.42. The average molecular weight is 516 g/mol. The van der Waals surface area contributed by atoms with Crippen LogP contribution in [0.4, 0.5) is 5.69 Å². The highest BCUT2D eigenvalue weighted by atomic mass is 35.5. The van der Waals surface area contributed by atoms with E-state index in [2.05, 4.69) is 22.4 Å². The minimum absolute atomic E-state index is 0.274. The lowest BCUT2D eigenvalue weighted by Gasteiger charge is -2.16. The van der Waals surface area contributed by atoms with E-state index in [-0.39, 0.29) is 11.5 Å². The topological polar surface area (TPSA) is 73.2 Å². The van der Waals surface area contributed by atoms with Crippen molar-refractivity contribution in [3.05, 3.63) is 99.9 Å². The summed E-state index contributed by atoms with van der Waals surface area (Å²) in [5.74, 6) is 0.0859. The summed E-state index contributed by atoms with van der Waals surface area (Å²) < 4.78 is 6.66. The van der Waals surface area contributed by atoms with E-state index in [1.54, 1.807) is 25.1 Å². The van der Waals surface area contributed by atoms with Crippen LogP contribution in [0.15, 0.2) is 89.3 Å². The quantitative estimate of drug-likeness (QED) is 0.274. The van der Waals surface area contributed by atoms with Gasteiger partial charge in [-0.3, -0.25) is 14.2 Å². The summed E-state index contributed by atoms with van der Waals surface area (Å²) in [7, 11) is 1.51. The zero-order valence-corrected chi connectivity index (χ0v) is 21.1. The van der Waals surface area contributed by atoms with Crippen molar-refractivity contribution in [3.8, 4) is 28.0 Å². The number of anilines is 1. The van der Waals surface area contributed by atoms with Crippen LogP contribution < -0.4 is 15.6 Å². The van der Waals surface area contributed by atoms with Crippen molar-refractivity contribution in [2.75, 3.05) is 12.4 Å². The summed E-state index contributed by atoms with van der Waals surface area (Å²) in [6.45, 7) is 1.65. The molecule has 0 saturated heterocycles. The number of hydrogen-bond donors (Lipinski definition) is 1. The molecule has 3 aromatic carbocycles. The molecule has 6 nitrogen and oxygen atoms in total. The van der Waals surface area contributed by atoms with Crippen molar-refractivity contribution in [2.45, 2.75) is 13.0 Å². The minimum Gasteiger partial charge on any atom is -0.495 e. The van der Waals surface area contributed by atoms with Gasteiger partial charge in [-0.15, -0.1) is 11.3 Å². The number of amides is 1. The first-order chi connectivity index (χ1) is 17.5. The van der Waals surface area contributed by atoms with Gasteiger partial charge in [-0.05, 0) is 41.8 Å². The van der Waals surface area contributed by atoms with Crippen LogP contribution in [0.25, 0.3) is 32.5 Å². The fraction of sp³-hybridized carbons (Fsp3) is 0.107. The maximum atomic E-state index is 13.6. The molecule has 1 unspecified atom stereocenters. The number of carbonyl (C=O) groups is 1. The van der Waals surface area contributed by atoms with Gasteiger partial charge in [-0.25, -0.2) is 4.98 Å². The van der Waals surface area contributed by atoms with E-state index in [9.17, 15) is 9.59 Å². The second-order valence-electron chi connectivity index (χ2n) is 8.24. The van der Waals surface area contributed by atoms with Gasteiger partial charge < -0.3 is 10.1 Å². The van der Waals surface area contributed by atoms with E-state index in [0.29, 0.717) is 26.7 Å². The second-order valence-corrected chi connectivity index (χ2v) is 9.53. The highest BCUT2D eigenvalue weighted by Crippen LogP contribution is 2.33. The van der Waals surface area contributed by atoms with E-state index in [1.165, 1.54) is 29.3 Å². The first kappa shape index (κ1) is 23.8. The van der Waals surface area contributed by atoms with Gasteiger partial charge >= 0.3 is 0 Å². The highest BCUT2D eigenvalue weighted by Gasteiger charge is 2.21. The van der Waals surface area contributed by atoms with Gasteiger partial charge in [0, 0.05) is 16.0 Å². The third-order valence-corrected chi connectivity index (χ3v) is 7.16. The van der Waals surface area contributed by atoms with Crippen LogP contribution in [0.5, 0.6) is 5.75 Å². The van der Waals surface area contributed by atoms with Crippen LogP contribution in [0.1, 0.15) is 13.0 Å². The molecule has 0 aliphatic carbocycles. The molecule has 0 radical (unpaired) electrons. The van der Waals surface area contributed by atoms with Gasteiger partial charge in [0.1, 0.15) is 16.6 Å². The fourth-order valence-electron chi connectivity index (χ4n) is 4.05. The molecule has 5 rings (SSSR count). The van der Waals surface area contributed by atoms with Crippen LogP contribution >= 0.6 is 22.9 Å². The van der Waals surface area contributed by atoms with E-state index in [1.807, 2.05) is 47.8 Å². The predicted molar refractivity (Wildman–Crippen MR) is 146 cm³/mol. The Hall–Kier alpha value is -3.94. The average Bonchev–Trinajstić information content (AvgIpc) is 3.34. The molecule has 36 heavy (non-hydrogen) atoms. The standard InChI is InChI=1S/C28H22ClN3O3S/c1-17(26(33)31-23-14-21(29)12-13-24(23)35-2)32-16-30-27-25(28(32)34)22(15-36-27)20-10-8-19(9-11-20)18-6-4-3-5-7-18/h3-17H,1-2H3,(H,31,33). The molecule has 0 aliphatic rings. The molecule has 1 atom stereocenters. The molecular weight excluding hydrogens is 494 g/mol. The predicted octanol–water partition coefficient (Wildman–Crippen LogP) is 6.65. The molecule has 2 heterocycles. The molecular formula is C28H22ClN3O3S. The molecule has 1 N–H and O–H groups in total. The van der Waals surface area contributed by atoms with Crippen molar-refractivity contribution in [1.82, 2.24) is 9.55 Å². The van der Waals surface area contributed by atoms with Crippen molar-refractivity contribution in [1.29, 1.82) is 0 Å². The van der Waals surface area contributed by atoms with Crippen molar-refractivity contribution in [2.24, 2.45) is 0 Å². The fourth-order valence-corrected chi connectivity index (χ4v) is 5.13. The maximum absolute atomic E-state index is 13.6. The number of rotatable bonds is 6. The Morgan fingerprint density at radius 2 is 1.72 bits per heavy atom. The number of carbonyl (C=O) groups excluding carboxylic acids is 1. The lowest BCUT2D eigenvalue weighted by Crippen LogP contribution is -2.31. The number of methoxy groups -OCH3 is 1. The number of ether oxygens (including phenoxy) is 1. The van der Waals surface area contributed by atoms with Crippen molar-refractivity contribution < 1.29 is 9.53 Å². The lowest BCUT2D eigenvalue weighted by molar-refractivity contribution is -0.118. The maximum Gasteiger partial charge on any atom is 0.263 e. The summed E-state index contributed by atoms with van der Waals surface area (Å²) >= 11 is 7.49. The zero-order valence-electron chi connectivity index (χ0n) is 19.6. The normalized spacial score (nSPS) is 11.9. The SMILES string of the molecule is COc1ccc(Cl)cc1NC(=O)C(C)n1cnc2scc(-c3ccc(-c4ccccc4)cc3)c2c1=O. The summed E-state index contributed by atoms with van der Waals surface area (Å²) in [5.41, 5.74) is 4.09. The largest absolute Gasteiger partial charge is 0.495 e. The highest BCUT2D eigenvalue weighted by molar-refractivity contribution is 7.17. The van der Waals surface area contributed by atoms with E-state index < -0.39 is 6.04 Å². The van der Waals surface area contributed by atoms with Gasteiger partial charge in [0.15, 0.2) is 0 Å². The number of nitrogens with zero attached hydrogens (tertiary/aromatic N) is 2. The molecule has 2 aromatic heterocycles. The van der Waals surface area contributed by atoms with E-state index in [0.717, 1.165) is 22.3 Å². The Bertz CT molecular complexity index is 1610. The van der Waals surface area contributed by atoms with E-state index in [4.69, 9.17) is 16.3 Å². The Labute approximate surface area is 216 Å². The lowest BCUT2D eigenvalue weighted by atomic mass is 10.0. The van der Waals surface area contributed by atoms with Gasteiger partial charge in [0.25, 0.3) is 5.56 Å². The molecule has 0 aliphatic heterocycles. The monoisotopic (exact) mass is 515 g/mol. The molecule has 0 bridgehead atoms. The minimum atomic E-state index is -0.814. The third kappa shape index (κ3) is 4.51. The number of aromatic nitrogens is 2. The number of fused-ring (bicyclic) bond motifs is 1. The molecule has 180 valence electrons. The Kier molecular flexibility index (Phi) is 6.59. The third-order valence-electron chi connectivity index (χ3n) is 6.04. The van der Waals surface area contributed by atoms with Crippen molar-refractivity contribution >= 4 is 44.7 Å². The van der Waals surface area contributed by atoms with Crippen LogP contribution in [0, 0.1) is 0 Å². The molecule has 0 saturated carbocycles. The summed E-state index contributed by atoms with van der Waals surface area (Å²) in [6, 6.07) is 22.3. The van der Waals surface area contributed by atoms with Gasteiger partial charge in [-0.2, -0.15) is 0 Å². The van der Waals surface area contributed by atoms with Crippen molar-refractivity contribution in [3.63, 3.8) is 0 Å². The van der Waals surface area contributed by atoms with Crippen LogP contribution in [0.3, 0.4) is 0 Å². The van der Waals surface area contributed by atoms with Crippen LogP contribution in [-0.2, 0) is 4.79 Å². The van der Waals surface area contributed by atoms with Gasteiger partial charge in [0.05, 0.1) is 24.5 Å². The summed E-state index contributed by atoms with van der Waals surface area (Å²) in [4.78, 5) is 31.7. The first-order valence-electron chi connectivity index (χ1n) is 11.2. The number of thiophene rings is 1. The number of halogens is 1. The smallest absolute Gasteiger partial charge is 0.263 e. The van der Waals surface area contributed by atoms with Crippen LogP contribution in [-0.4, -0.2) is 22.6 Å². The number of nitrogens with one attached hydrogen (secondary N) is 1. The Balaban J connectivity index is 1.47. The Morgan fingerprint density at radius 3 is 2.44 bits per heavy atom. The van der Waals surface area contributed by atoms with Gasteiger partial charge in [0.2, 0.25) is 5.91 Å². The number of benzene rings is 3. The first-order valence-corrected chi connectivity index (χ1v) is 12.5. The second kappa shape index (κ2) is 9.97. The molecule has 5 aromatic rings. The Morgan fingerprint density at radius 1 is 1.03 bits per heavy atom. The molecule has 1 amide bonds. The van der Waals surface area contributed by atoms with Gasteiger partial charge in [-0.1, -0.05) is 66.2 Å².